The van der Waals surface area contributed by atoms with Crippen LogP contribution in [0.3, 0.4) is 0 Å². The fourth-order valence-electron chi connectivity index (χ4n) is 5.12. The van der Waals surface area contributed by atoms with Crippen LogP contribution in [0.2, 0.25) is 0 Å². The molecule has 0 bridgehead atoms. The fourth-order valence-corrected chi connectivity index (χ4v) is 5.12. The SMILES string of the molecule is C[C@@H]1CN(CC(=O)N2CC(C)(C)c3ncc(C(C)(F)F)cc32)[C@@H](CN2CCN(C)C(=O)C2)CN1. The number of hydrogen-bond acceptors (Lipinski definition) is 6. The van der Waals surface area contributed by atoms with Crippen molar-refractivity contribution in [3.8, 4) is 0 Å². The molecule has 10 heteroatoms. The summed E-state index contributed by atoms with van der Waals surface area (Å²) in [6.45, 7) is 11.5. The van der Waals surface area contributed by atoms with Gasteiger partial charge < -0.3 is 15.1 Å². The standard InChI is InChI=1S/C24H36F2N6O2/c1-16-11-31(18(10-27-16)12-30-7-6-29(5)20(33)13-30)14-21(34)32-15-23(2,3)22-19(32)8-17(9-28-22)24(4,25)26/h8-9,16,18,27H,6-7,10-15H2,1-5H3/t16-,18-/m1/s1. The van der Waals surface area contributed by atoms with Crippen molar-refractivity contribution in [3.05, 3.63) is 23.5 Å². The number of amides is 2. The Morgan fingerprint density at radius 1 is 1.32 bits per heavy atom. The second-order valence-electron chi connectivity index (χ2n) is 10.8. The van der Waals surface area contributed by atoms with E-state index in [4.69, 9.17) is 0 Å². The van der Waals surface area contributed by atoms with Gasteiger partial charge in [-0.3, -0.25) is 24.4 Å². The van der Waals surface area contributed by atoms with Gasteiger partial charge in [0.25, 0.3) is 5.92 Å². The van der Waals surface area contributed by atoms with Crippen LogP contribution in [0.15, 0.2) is 12.3 Å². The van der Waals surface area contributed by atoms with Crippen molar-refractivity contribution in [1.82, 2.24) is 25.0 Å². The first kappa shape index (κ1) is 24.9. The molecule has 2 atom stereocenters. The molecule has 1 N–H and O–H groups in total. The van der Waals surface area contributed by atoms with Crippen LogP contribution >= 0.6 is 0 Å². The van der Waals surface area contributed by atoms with E-state index >= 15 is 0 Å². The van der Waals surface area contributed by atoms with Gasteiger partial charge in [0, 0.05) is 82.5 Å². The maximum absolute atomic E-state index is 14.0. The number of likely N-dealkylation sites (N-methyl/N-ethyl adjacent to an activating group) is 1. The average Bonchev–Trinajstić information content (AvgIpc) is 3.02. The number of alkyl halides is 2. The predicted octanol–water partition coefficient (Wildman–Crippen LogP) is 1.25. The van der Waals surface area contributed by atoms with Crippen LogP contribution in [0, 0.1) is 0 Å². The predicted molar refractivity (Wildman–Crippen MR) is 126 cm³/mol. The fraction of sp³-hybridized carbons (Fsp3) is 0.708. The Kier molecular flexibility index (Phi) is 6.69. The van der Waals surface area contributed by atoms with Crippen molar-refractivity contribution >= 4 is 17.5 Å². The van der Waals surface area contributed by atoms with Gasteiger partial charge in [0.15, 0.2) is 0 Å². The number of fused-ring (bicyclic) bond motifs is 1. The van der Waals surface area contributed by atoms with Gasteiger partial charge in [-0.25, -0.2) is 8.78 Å². The first-order valence-electron chi connectivity index (χ1n) is 12.0. The molecule has 1 aromatic heterocycles. The van der Waals surface area contributed by atoms with Crippen molar-refractivity contribution < 1.29 is 18.4 Å². The van der Waals surface area contributed by atoms with Crippen LogP contribution in [0.5, 0.6) is 0 Å². The summed E-state index contributed by atoms with van der Waals surface area (Å²) in [6.07, 6.45) is 1.22. The maximum atomic E-state index is 14.0. The van der Waals surface area contributed by atoms with Gasteiger partial charge in [-0.15, -0.1) is 0 Å². The van der Waals surface area contributed by atoms with E-state index in [-0.39, 0.29) is 36.0 Å². The van der Waals surface area contributed by atoms with Crippen molar-refractivity contribution in [1.29, 1.82) is 0 Å². The molecule has 0 spiro atoms. The minimum atomic E-state index is -3.03. The third kappa shape index (κ3) is 5.08. The molecule has 3 aliphatic rings. The van der Waals surface area contributed by atoms with E-state index in [9.17, 15) is 18.4 Å². The molecule has 1 aromatic rings. The van der Waals surface area contributed by atoms with Gasteiger partial charge in [0.05, 0.1) is 24.5 Å². The van der Waals surface area contributed by atoms with E-state index < -0.39 is 11.3 Å². The second-order valence-corrected chi connectivity index (χ2v) is 10.8. The number of nitrogens with one attached hydrogen (secondary N) is 1. The van der Waals surface area contributed by atoms with Crippen molar-refractivity contribution in [2.75, 3.05) is 64.3 Å². The van der Waals surface area contributed by atoms with Gasteiger partial charge in [-0.2, -0.15) is 0 Å². The largest absolute Gasteiger partial charge is 0.343 e. The second kappa shape index (κ2) is 9.13. The minimum absolute atomic E-state index is 0.0795. The molecule has 34 heavy (non-hydrogen) atoms. The van der Waals surface area contributed by atoms with Crippen LogP contribution in [0.1, 0.15) is 39.0 Å². The Hall–Kier alpha value is -2.17. The lowest BCUT2D eigenvalue weighted by molar-refractivity contribution is -0.135. The van der Waals surface area contributed by atoms with Crippen LogP contribution in [0.25, 0.3) is 0 Å². The topological polar surface area (TPSA) is 72.0 Å². The number of anilines is 1. The lowest BCUT2D eigenvalue weighted by Gasteiger charge is -2.43. The molecule has 4 heterocycles. The molecule has 0 unspecified atom stereocenters. The number of hydrogen-bond donors (Lipinski definition) is 1. The number of nitrogens with zero attached hydrogens (tertiary/aromatic N) is 5. The number of carbonyl (C=O) groups is 2. The third-order valence-corrected chi connectivity index (χ3v) is 7.23. The molecule has 2 amide bonds. The maximum Gasteiger partial charge on any atom is 0.272 e. The minimum Gasteiger partial charge on any atom is -0.343 e. The number of piperazine rings is 2. The van der Waals surface area contributed by atoms with Crippen molar-refractivity contribution in [3.63, 3.8) is 0 Å². The van der Waals surface area contributed by atoms with Gasteiger partial charge in [-0.05, 0) is 13.0 Å². The highest BCUT2D eigenvalue weighted by Gasteiger charge is 2.42. The number of pyridine rings is 1. The molecular weight excluding hydrogens is 442 g/mol. The molecule has 4 rings (SSSR count). The summed E-state index contributed by atoms with van der Waals surface area (Å²) in [7, 11) is 1.82. The van der Waals surface area contributed by atoms with Gasteiger partial charge >= 0.3 is 0 Å². The van der Waals surface area contributed by atoms with Crippen LogP contribution < -0.4 is 10.2 Å². The number of halogens is 2. The average molecular weight is 479 g/mol. The molecular formula is C24H36F2N6O2. The zero-order valence-corrected chi connectivity index (χ0v) is 20.8. The summed E-state index contributed by atoms with van der Waals surface area (Å²) in [5.74, 6) is -3.03. The van der Waals surface area contributed by atoms with Gasteiger partial charge in [0.2, 0.25) is 11.8 Å². The van der Waals surface area contributed by atoms with Crippen LogP contribution in [-0.4, -0.2) is 103 Å². The summed E-state index contributed by atoms with van der Waals surface area (Å²) in [5, 5.41) is 3.49. The molecule has 188 valence electrons. The first-order valence-corrected chi connectivity index (χ1v) is 12.0. The number of carbonyl (C=O) groups excluding carboxylic acids is 2. The number of rotatable bonds is 5. The molecule has 0 aliphatic carbocycles. The highest BCUT2D eigenvalue weighted by molar-refractivity contribution is 5.97. The van der Waals surface area contributed by atoms with E-state index in [2.05, 4.69) is 27.0 Å². The lowest BCUT2D eigenvalue weighted by Crippen LogP contribution is -2.62. The first-order chi connectivity index (χ1) is 15.8. The smallest absolute Gasteiger partial charge is 0.272 e. The molecule has 3 aliphatic heterocycles. The normalized spacial score (nSPS) is 26.1. The summed E-state index contributed by atoms with van der Waals surface area (Å²) in [4.78, 5) is 37.7. The molecule has 2 saturated heterocycles. The zero-order chi connectivity index (χ0) is 24.8. The summed E-state index contributed by atoms with van der Waals surface area (Å²) < 4.78 is 28.0. The van der Waals surface area contributed by atoms with E-state index in [1.54, 1.807) is 9.80 Å². The Morgan fingerprint density at radius 3 is 2.74 bits per heavy atom. The van der Waals surface area contributed by atoms with Crippen LogP contribution in [-0.2, 0) is 20.9 Å². The highest BCUT2D eigenvalue weighted by Crippen LogP contribution is 2.41. The van der Waals surface area contributed by atoms with Crippen LogP contribution in [0.4, 0.5) is 14.5 Å². The quantitative estimate of drug-likeness (QED) is 0.687. The summed E-state index contributed by atoms with van der Waals surface area (Å²) >= 11 is 0. The van der Waals surface area contributed by atoms with Gasteiger partial charge in [0.1, 0.15) is 0 Å². The monoisotopic (exact) mass is 478 g/mol. The van der Waals surface area contributed by atoms with Gasteiger partial charge in [-0.1, -0.05) is 13.8 Å². The Labute approximate surface area is 200 Å². The molecule has 0 aromatic carbocycles. The molecule has 8 nitrogen and oxygen atoms in total. The van der Waals surface area contributed by atoms with Crippen molar-refractivity contribution in [2.45, 2.75) is 51.1 Å². The highest BCUT2D eigenvalue weighted by atomic mass is 19.3. The third-order valence-electron chi connectivity index (χ3n) is 7.23. The summed E-state index contributed by atoms with van der Waals surface area (Å²) in [5.41, 5.74) is 0.562. The Bertz CT molecular complexity index is 950. The van der Waals surface area contributed by atoms with E-state index in [0.717, 1.165) is 20.0 Å². The molecule has 0 radical (unpaired) electrons. The zero-order valence-electron chi connectivity index (χ0n) is 20.8. The van der Waals surface area contributed by atoms with E-state index in [1.807, 2.05) is 20.9 Å². The molecule has 0 saturated carbocycles. The Morgan fingerprint density at radius 2 is 2.06 bits per heavy atom. The lowest BCUT2D eigenvalue weighted by atomic mass is 9.91. The summed E-state index contributed by atoms with van der Waals surface area (Å²) in [6, 6.07) is 1.73. The number of aromatic nitrogens is 1. The van der Waals surface area contributed by atoms with E-state index in [1.165, 1.54) is 12.3 Å². The molecule has 2 fully saturated rings. The van der Waals surface area contributed by atoms with E-state index in [0.29, 0.717) is 44.1 Å². The van der Waals surface area contributed by atoms with Crippen molar-refractivity contribution in [2.24, 2.45) is 0 Å². The Balaban J connectivity index is 1.51.